The zero-order chi connectivity index (χ0) is 11.6. The summed E-state index contributed by atoms with van der Waals surface area (Å²) < 4.78 is 23.6. The highest BCUT2D eigenvalue weighted by molar-refractivity contribution is 7.92. The van der Waals surface area contributed by atoms with Crippen LogP contribution < -0.4 is 5.32 Å². The van der Waals surface area contributed by atoms with E-state index in [1.54, 1.807) is 4.90 Å². The van der Waals surface area contributed by atoms with Gasteiger partial charge in [-0.2, -0.15) is 0 Å². The Morgan fingerprint density at radius 2 is 2.19 bits per heavy atom. The third-order valence-electron chi connectivity index (χ3n) is 3.32. The molecule has 2 saturated heterocycles. The first kappa shape index (κ1) is 11.9. The van der Waals surface area contributed by atoms with E-state index in [1.165, 1.54) is 0 Å². The van der Waals surface area contributed by atoms with Crippen LogP contribution in [0.5, 0.6) is 0 Å². The van der Waals surface area contributed by atoms with Crippen molar-refractivity contribution in [3.05, 3.63) is 0 Å². The summed E-state index contributed by atoms with van der Waals surface area (Å²) in [4.78, 5) is 13.2. The molecule has 5 nitrogen and oxygen atoms in total. The zero-order valence-corrected chi connectivity index (χ0v) is 10.1. The van der Waals surface area contributed by atoms with Crippen LogP contribution >= 0.6 is 0 Å². The van der Waals surface area contributed by atoms with Crippen LogP contribution in [-0.2, 0) is 14.6 Å². The molecule has 6 heteroatoms. The lowest BCUT2D eigenvalue weighted by Crippen LogP contribution is -2.52. The first-order valence-corrected chi connectivity index (χ1v) is 7.51. The highest BCUT2D eigenvalue weighted by atomic mass is 32.2. The lowest BCUT2D eigenvalue weighted by molar-refractivity contribution is -0.131. The van der Waals surface area contributed by atoms with Gasteiger partial charge in [-0.1, -0.05) is 6.42 Å². The predicted molar refractivity (Wildman–Crippen MR) is 60.9 cm³/mol. The molecule has 0 saturated carbocycles. The molecule has 0 radical (unpaired) electrons. The number of rotatable bonds is 2. The van der Waals surface area contributed by atoms with E-state index in [9.17, 15) is 13.2 Å². The van der Waals surface area contributed by atoms with Crippen LogP contribution in [0.2, 0.25) is 0 Å². The molecule has 0 aliphatic carbocycles. The molecule has 0 aromatic carbocycles. The van der Waals surface area contributed by atoms with E-state index in [-0.39, 0.29) is 16.9 Å². The number of carbonyl (C=O) groups is 1. The molecule has 0 aromatic rings. The Bertz CT molecular complexity index is 366. The second-order valence-electron chi connectivity index (χ2n) is 4.50. The summed E-state index contributed by atoms with van der Waals surface area (Å²) in [6.45, 7) is 2.12. The molecule has 1 N–H and O–H groups in total. The largest absolute Gasteiger partial charge is 0.339 e. The van der Waals surface area contributed by atoms with Gasteiger partial charge in [0.05, 0.1) is 17.5 Å². The summed E-state index contributed by atoms with van der Waals surface area (Å²) in [6.07, 6.45) is 2.44. The summed E-state index contributed by atoms with van der Waals surface area (Å²) in [5.41, 5.74) is 0. The SMILES string of the molecule is O=C1CNCCN1CC1CCCCS1(=O)=O. The van der Waals surface area contributed by atoms with Gasteiger partial charge >= 0.3 is 0 Å². The van der Waals surface area contributed by atoms with E-state index in [0.29, 0.717) is 26.1 Å². The van der Waals surface area contributed by atoms with Crippen molar-refractivity contribution >= 4 is 15.7 Å². The van der Waals surface area contributed by atoms with Gasteiger partial charge in [0.2, 0.25) is 5.91 Å². The van der Waals surface area contributed by atoms with Crippen LogP contribution in [0.25, 0.3) is 0 Å². The summed E-state index contributed by atoms with van der Waals surface area (Å²) in [7, 11) is -2.96. The van der Waals surface area contributed by atoms with Gasteiger partial charge in [-0.25, -0.2) is 8.42 Å². The topological polar surface area (TPSA) is 66.5 Å². The van der Waals surface area contributed by atoms with Crippen LogP contribution in [0.3, 0.4) is 0 Å². The van der Waals surface area contributed by atoms with Gasteiger partial charge in [0, 0.05) is 19.6 Å². The summed E-state index contributed by atoms with van der Waals surface area (Å²) in [5, 5.41) is 2.65. The smallest absolute Gasteiger partial charge is 0.236 e. The normalized spacial score (nSPS) is 30.4. The zero-order valence-electron chi connectivity index (χ0n) is 9.31. The minimum atomic E-state index is -2.96. The molecule has 2 rings (SSSR count). The van der Waals surface area contributed by atoms with Gasteiger partial charge in [0.25, 0.3) is 0 Å². The van der Waals surface area contributed by atoms with Crippen molar-refractivity contribution < 1.29 is 13.2 Å². The van der Waals surface area contributed by atoms with Crippen LogP contribution in [0, 0.1) is 0 Å². The van der Waals surface area contributed by atoms with Crippen molar-refractivity contribution in [2.75, 3.05) is 31.9 Å². The first-order valence-electron chi connectivity index (χ1n) is 5.80. The van der Waals surface area contributed by atoms with E-state index >= 15 is 0 Å². The first-order chi connectivity index (χ1) is 7.59. The van der Waals surface area contributed by atoms with Gasteiger partial charge < -0.3 is 10.2 Å². The molecule has 2 fully saturated rings. The maximum Gasteiger partial charge on any atom is 0.236 e. The second kappa shape index (κ2) is 4.71. The molecule has 2 heterocycles. The van der Waals surface area contributed by atoms with Crippen molar-refractivity contribution in [3.8, 4) is 0 Å². The van der Waals surface area contributed by atoms with E-state index in [4.69, 9.17) is 0 Å². The van der Waals surface area contributed by atoms with E-state index in [0.717, 1.165) is 19.4 Å². The number of piperazine rings is 1. The van der Waals surface area contributed by atoms with E-state index < -0.39 is 9.84 Å². The molecule has 1 unspecified atom stereocenters. The summed E-state index contributed by atoms with van der Waals surface area (Å²) in [6, 6.07) is 0. The molecule has 16 heavy (non-hydrogen) atoms. The maximum absolute atomic E-state index is 11.8. The average Bonchev–Trinajstić information content (AvgIpc) is 2.24. The Morgan fingerprint density at radius 1 is 1.38 bits per heavy atom. The number of sulfone groups is 1. The van der Waals surface area contributed by atoms with Gasteiger partial charge in [-0.15, -0.1) is 0 Å². The van der Waals surface area contributed by atoms with Crippen LogP contribution in [-0.4, -0.2) is 56.4 Å². The standard InChI is InChI=1S/C10H18N2O3S/c13-10-7-11-4-5-12(10)8-9-3-1-2-6-16(9,14)15/h9,11H,1-8H2. The van der Waals surface area contributed by atoms with Crippen LogP contribution in [0.1, 0.15) is 19.3 Å². The Hall–Kier alpha value is -0.620. The lowest BCUT2D eigenvalue weighted by Gasteiger charge is -2.32. The third-order valence-corrected chi connectivity index (χ3v) is 5.58. The maximum atomic E-state index is 11.8. The predicted octanol–water partition coefficient (Wildman–Crippen LogP) is -0.614. The molecule has 1 atom stereocenters. The molecule has 0 bridgehead atoms. The van der Waals surface area contributed by atoms with Crippen LogP contribution in [0.15, 0.2) is 0 Å². The van der Waals surface area contributed by atoms with Crippen molar-refractivity contribution in [1.82, 2.24) is 10.2 Å². The van der Waals surface area contributed by atoms with E-state index in [2.05, 4.69) is 5.32 Å². The molecule has 2 aliphatic rings. The van der Waals surface area contributed by atoms with Crippen molar-refractivity contribution in [2.24, 2.45) is 0 Å². The Kier molecular flexibility index (Phi) is 3.49. The number of nitrogens with zero attached hydrogens (tertiary/aromatic N) is 1. The quantitative estimate of drug-likeness (QED) is 0.705. The van der Waals surface area contributed by atoms with Gasteiger partial charge in [0.1, 0.15) is 0 Å². The summed E-state index contributed by atoms with van der Waals surface area (Å²) >= 11 is 0. The van der Waals surface area contributed by atoms with Crippen molar-refractivity contribution in [2.45, 2.75) is 24.5 Å². The fourth-order valence-corrected chi connectivity index (χ4v) is 4.18. The average molecular weight is 246 g/mol. The number of amides is 1. The van der Waals surface area contributed by atoms with E-state index in [1.807, 2.05) is 0 Å². The van der Waals surface area contributed by atoms with Crippen LogP contribution in [0.4, 0.5) is 0 Å². The molecule has 2 aliphatic heterocycles. The Morgan fingerprint density at radius 3 is 2.88 bits per heavy atom. The van der Waals surface area contributed by atoms with Gasteiger partial charge in [-0.05, 0) is 12.8 Å². The van der Waals surface area contributed by atoms with Gasteiger partial charge in [-0.3, -0.25) is 4.79 Å². The number of hydrogen-bond acceptors (Lipinski definition) is 4. The molecular formula is C10H18N2O3S. The van der Waals surface area contributed by atoms with Crippen molar-refractivity contribution in [1.29, 1.82) is 0 Å². The monoisotopic (exact) mass is 246 g/mol. The minimum absolute atomic E-state index is 0.0204. The molecule has 0 spiro atoms. The Labute approximate surface area is 96.1 Å². The third kappa shape index (κ3) is 2.55. The minimum Gasteiger partial charge on any atom is -0.339 e. The highest BCUT2D eigenvalue weighted by Gasteiger charge is 2.32. The highest BCUT2D eigenvalue weighted by Crippen LogP contribution is 2.20. The fraction of sp³-hybridized carbons (Fsp3) is 0.900. The lowest BCUT2D eigenvalue weighted by atomic mass is 10.1. The summed E-state index contributed by atoms with van der Waals surface area (Å²) in [5.74, 6) is 0.310. The number of carbonyl (C=O) groups excluding carboxylic acids is 1. The molecular weight excluding hydrogens is 228 g/mol. The van der Waals surface area contributed by atoms with Gasteiger partial charge in [0.15, 0.2) is 9.84 Å². The fourth-order valence-electron chi connectivity index (χ4n) is 2.31. The molecule has 92 valence electrons. The second-order valence-corrected chi connectivity index (χ2v) is 6.90. The molecule has 0 aromatic heterocycles. The van der Waals surface area contributed by atoms with Crippen molar-refractivity contribution in [3.63, 3.8) is 0 Å². The number of hydrogen-bond donors (Lipinski definition) is 1. The molecule has 1 amide bonds. The Balaban J connectivity index is 2.00. The number of nitrogens with one attached hydrogen (secondary N) is 1.